The van der Waals surface area contributed by atoms with Crippen LogP contribution in [0.2, 0.25) is 0 Å². The number of benzene rings is 1. The number of hydrogen-bond acceptors (Lipinski definition) is 2. The van der Waals surface area contributed by atoms with E-state index in [4.69, 9.17) is 5.26 Å². The summed E-state index contributed by atoms with van der Waals surface area (Å²) in [6.07, 6.45) is 0.424. The number of nitriles is 1. The standard InChI is InChI=1S/C10H5Br2NS/c11-8-5-9-7(2-4-14-9)10(12)6(8)1-3-13/h2,4-5H,1H2. The fourth-order valence-corrected chi connectivity index (χ4v) is 3.97. The summed E-state index contributed by atoms with van der Waals surface area (Å²) in [5, 5.41) is 11.9. The highest BCUT2D eigenvalue weighted by Crippen LogP contribution is 2.36. The van der Waals surface area contributed by atoms with E-state index >= 15 is 0 Å². The van der Waals surface area contributed by atoms with Crippen LogP contribution in [0.4, 0.5) is 0 Å². The van der Waals surface area contributed by atoms with Gasteiger partial charge in [0, 0.05) is 19.0 Å². The topological polar surface area (TPSA) is 23.8 Å². The highest BCUT2D eigenvalue weighted by molar-refractivity contribution is 9.11. The van der Waals surface area contributed by atoms with Crippen LogP contribution in [-0.4, -0.2) is 0 Å². The first-order valence-corrected chi connectivity index (χ1v) is 6.41. The maximum atomic E-state index is 8.70. The molecule has 0 spiro atoms. The van der Waals surface area contributed by atoms with Gasteiger partial charge in [-0.25, -0.2) is 0 Å². The van der Waals surface area contributed by atoms with E-state index in [0.717, 1.165) is 14.5 Å². The molecule has 2 aromatic rings. The maximum Gasteiger partial charge on any atom is 0.0670 e. The predicted molar refractivity (Wildman–Crippen MR) is 66.5 cm³/mol. The summed E-state index contributed by atoms with van der Waals surface area (Å²) in [7, 11) is 0. The zero-order valence-corrected chi connectivity index (χ0v) is 11.0. The van der Waals surface area contributed by atoms with Gasteiger partial charge >= 0.3 is 0 Å². The van der Waals surface area contributed by atoms with E-state index in [-0.39, 0.29) is 0 Å². The number of rotatable bonds is 1. The quantitative estimate of drug-likeness (QED) is 0.755. The van der Waals surface area contributed by atoms with E-state index in [1.54, 1.807) is 11.3 Å². The molecule has 0 unspecified atom stereocenters. The van der Waals surface area contributed by atoms with Gasteiger partial charge < -0.3 is 0 Å². The van der Waals surface area contributed by atoms with Gasteiger partial charge in [0.25, 0.3) is 0 Å². The summed E-state index contributed by atoms with van der Waals surface area (Å²) < 4.78 is 3.26. The van der Waals surface area contributed by atoms with Crippen LogP contribution < -0.4 is 0 Å². The minimum atomic E-state index is 0.424. The second kappa shape index (κ2) is 4.01. The molecule has 0 N–H and O–H groups in total. The molecule has 0 saturated carbocycles. The molecule has 0 fully saturated rings. The fourth-order valence-electron chi connectivity index (χ4n) is 1.32. The Balaban J connectivity index is 2.77. The van der Waals surface area contributed by atoms with Gasteiger partial charge in [0.2, 0.25) is 0 Å². The first-order chi connectivity index (χ1) is 6.74. The monoisotopic (exact) mass is 329 g/mol. The molecule has 1 heterocycles. The first-order valence-electron chi connectivity index (χ1n) is 3.95. The molecule has 1 nitrogen and oxygen atoms in total. The van der Waals surface area contributed by atoms with Crippen LogP contribution in [0.25, 0.3) is 10.1 Å². The second-order valence-electron chi connectivity index (χ2n) is 2.82. The largest absolute Gasteiger partial charge is 0.198 e. The SMILES string of the molecule is N#CCc1c(Br)cc2sccc2c1Br. The van der Waals surface area contributed by atoms with Crippen molar-refractivity contribution in [2.24, 2.45) is 0 Å². The zero-order valence-electron chi connectivity index (χ0n) is 7.05. The highest BCUT2D eigenvalue weighted by atomic mass is 79.9. The van der Waals surface area contributed by atoms with Crippen LogP contribution >= 0.6 is 43.2 Å². The lowest BCUT2D eigenvalue weighted by atomic mass is 10.1. The molecular weight excluding hydrogens is 326 g/mol. The number of hydrogen-bond donors (Lipinski definition) is 0. The van der Waals surface area contributed by atoms with Gasteiger partial charge in [0.05, 0.1) is 12.5 Å². The third kappa shape index (κ3) is 1.60. The summed E-state index contributed by atoms with van der Waals surface area (Å²) >= 11 is 8.72. The molecule has 70 valence electrons. The summed E-state index contributed by atoms with van der Waals surface area (Å²) in [5.41, 5.74) is 1.03. The number of nitrogens with zero attached hydrogens (tertiary/aromatic N) is 1. The van der Waals surface area contributed by atoms with E-state index in [0.29, 0.717) is 6.42 Å². The molecular formula is C10H5Br2NS. The molecule has 0 saturated heterocycles. The Morgan fingerprint density at radius 1 is 1.43 bits per heavy atom. The summed E-state index contributed by atoms with van der Waals surface area (Å²) in [5.74, 6) is 0. The average Bonchev–Trinajstić information content (AvgIpc) is 2.60. The van der Waals surface area contributed by atoms with Crippen molar-refractivity contribution in [3.8, 4) is 6.07 Å². The van der Waals surface area contributed by atoms with Gasteiger partial charge in [-0.05, 0) is 39.0 Å². The van der Waals surface area contributed by atoms with Crippen LogP contribution in [0.15, 0.2) is 26.5 Å². The van der Waals surface area contributed by atoms with Gasteiger partial charge in [0.15, 0.2) is 0 Å². The van der Waals surface area contributed by atoms with E-state index in [9.17, 15) is 0 Å². The Bertz CT molecular complexity index is 525. The normalized spacial score (nSPS) is 10.4. The number of fused-ring (bicyclic) bond motifs is 1. The Hall–Kier alpha value is -0.370. The third-order valence-electron chi connectivity index (χ3n) is 2.00. The van der Waals surface area contributed by atoms with Gasteiger partial charge in [0.1, 0.15) is 0 Å². The molecule has 2 rings (SSSR count). The van der Waals surface area contributed by atoms with Crippen molar-refractivity contribution >= 4 is 53.3 Å². The minimum absolute atomic E-state index is 0.424. The van der Waals surface area contributed by atoms with Gasteiger partial charge in [-0.3, -0.25) is 0 Å². The lowest BCUT2D eigenvalue weighted by Gasteiger charge is -2.04. The van der Waals surface area contributed by atoms with E-state index < -0.39 is 0 Å². The smallest absolute Gasteiger partial charge is 0.0670 e. The summed E-state index contributed by atoms with van der Waals surface area (Å²) in [6.45, 7) is 0. The minimum Gasteiger partial charge on any atom is -0.198 e. The lowest BCUT2D eigenvalue weighted by molar-refractivity contribution is 1.24. The molecule has 1 aromatic carbocycles. The Labute approximate surface area is 103 Å². The fraction of sp³-hybridized carbons (Fsp3) is 0.100. The molecule has 0 bridgehead atoms. The Morgan fingerprint density at radius 2 is 2.21 bits per heavy atom. The van der Waals surface area contributed by atoms with Gasteiger partial charge in [-0.1, -0.05) is 15.9 Å². The van der Waals surface area contributed by atoms with Crippen LogP contribution in [0.5, 0.6) is 0 Å². The Kier molecular flexibility index (Phi) is 2.91. The van der Waals surface area contributed by atoms with Crippen LogP contribution in [-0.2, 0) is 6.42 Å². The third-order valence-corrected chi connectivity index (χ3v) is 4.48. The van der Waals surface area contributed by atoms with Crippen molar-refractivity contribution in [2.75, 3.05) is 0 Å². The van der Waals surface area contributed by atoms with Crippen molar-refractivity contribution in [1.29, 1.82) is 5.26 Å². The van der Waals surface area contributed by atoms with Crippen molar-refractivity contribution in [3.63, 3.8) is 0 Å². The molecule has 14 heavy (non-hydrogen) atoms. The molecule has 0 aliphatic rings. The first kappa shape index (κ1) is 10.2. The second-order valence-corrected chi connectivity index (χ2v) is 5.41. The number of thiophene rings is 1. The zero-order chi connectivity index (χ0) is 10.1. The molecule has 0 aliphatic carbocycles. The molecule has 0 amide bonds. The molecule has 0 atom stereocenters. The average molecular weight is 331 g/mol. The number of halogens is 2. The van der Waals surface area contributed by atoms with Crippen molar-refractivity contribution in [1.82, 2.24) is 0 Å². The maximum absolute atomic E-state index is 8.70. The van der Waals surface area contributed by atoms with Gasteiger partial charge in [-0.2, -0.15) is 5.26 Å². The lowest BCUT2D eigenvalue weighted by Crippen LogP contribution is -1.86. The highest BCUT2D eigenvalue weighted by Gasteiger charge is 2.10. The Morgan fingerprint density at radius 3 is 2.93 bits per heavy atom. The van der Waals surface area contributed by atoms with Crippen LogP contribution in [0.1, 0.15) is 5.56 Å². The van der Waals surface area contributed by atoms with E-state index in [1.165, 1.54) is 10.1 Å². The van der Waals surface area contributed by atoms with Crippen LogP contribution in [0, 0.1) is 11.3 Å². The van der Waals surface area contributed by atoms with Crippen molar-refractivity contribution in [2.45, 2.75) is 6.42 Å². The predicted octanol–water partition coefficient (Wildman–Crippen LogP) is 4.49. The van der Waals surface area contributed by atoms with Gasteiger partial charge in [-0.15, -0.1) is 11.3 Å². The van der Waals surface area contributed by atoms with Crippen LogP contribution in [0.3, 0.4) is 0 Å². The van der Waals surface area contributed by atoms with Crippen molar-refractivity contribution < 1.29 is 0 Å². The van der Waals surface area contributed by atoms with Crippen molar-refractivity contribution in [3.05, 3.63) is 32.0 Å². The molecule has 0 aliphatic heterocycles. The summed E-state index contributed by atoms with van der Waals surface area (Å²) in [4.78, 5) is 0. The molecule has 0 radical (unpaired) electrons. The molecule has 4 heteroatoms. The van der Waals surface area contributed by atoms with E-state index in [1.807, 2.05) is 0 Å². The molecule has 1 aromatic heterocycles. The van der Waals surface area contributed by atoms with E-state index in [2.05, 4.69) is 55.4 Å². The summed E-state index contributed by atoms with van der Waals surface area (Å²) in [6, 6.07) is 6.30.